The number of nitrogens with zero attached hydrogens (tertiary/aromatic N) is 5. The zero-order valence-electron chi connectivity index (χ0n) is 25.7. The molecule has 6 rings (SSSR count). The van der Waals surface area contributed by atoms with Crippen LogP contribution in [0.15, 0.2) is 30.3 Å². The lowest BCUT2D eigenvalue weighted by atomic mass is 9.61. The number of carbonyl (C=O) groups is 2. The number of aliphatic hydroxyl groups excluding tert-OH is 1. The van der Waals surface area contributed by atoms with Gasteiger partial charge in [0.05, 0.1) is 18.3 Å². The van der Waals surface area contributed by atoms with E-state index in [0.717, 1.165) is 32.4 Å². The van der Waals surface area contributed by atoms with E-state index < -0.39 is 6.10 Å². The van der Waals surface area contributed by atoms with Crippen molar-refractivity contribution in [3.05, 3.63) is 47.2 Å². The smallest absolute Gasteiger partial charge is 0.410 e. The molecule has 4 heterocycles. The number of likely N-dealkylation sites (tertiary alicyclic amines) is 2. The van der Waals surface area contributed by atoms with Gasteiger partial charge in [-0.25, -0.2) is 4.79 Å². The third-order valence-electron chi connectivity index (χ3n) is 9.09. The number of fused-ring (bicyclic) bond motifs is 1. The van der Waals surface area contributed by atoms with Crippen LogP contribution >= 0.6 is 0 Å². The third kappa shape index (κ3) is 6.43. The van der Waals surface area contributed by atoms with E-state index in [4.69, 9.17) is 9.47 Å². The van der Waals surface area contributed by atoms with Crippen molar-refractivity contribution in [1.29, 1.82) is 0 Å². The van der Waals surface area contributed by atoms with E-state index in [9.17, 15) is 14.7 Å². The molecule has 1 aromatic heterocycles. The van der Waals surface area contributed by atoms with Crippen molar-refractivity contribution in [1.82, 2.24) is 24.7 Å². The summed E-state index contributed by atoms with van der Waals surface area (Å²) >= 11 is 0. The Kier molecular flexibility index (Phi) is 8.21. The predicted molar refractivity (Wildman–Crippen MR) is 161 cm³/mol. The molecule has 2 aromatic rings. The Labute approximate surface area is 253 Å². The molecule has 2 amide bonds. The summed E-state index contributed by atoms with van der Waals surface area (Å²) in [6, 6.07) is 10.5. The standard InChI is InChI=1S/C32H44N6O5/c1-20(2)42-30-34-25(13-28(35-30)33-24-14-32(15-24)18-38(19-32)31(41)43-21(3)4)29(40)37-12-10-26(27(39)17-37)36-11-9-22-7-5-6-8-23(22)16-36/h5-8,13,20-21,24,26-27,39H,9-12,14-19H2,1-4H3,(H,33,34,35)/t26-,27-/m1/s1. The molecule has 11 heteroatoms. The van der Waals surface area contributed by atoms with Crippen LogP contribution in [0.4, 0.5) is 10.6 Å². The van der Waals surface area contributed by atoms with Gasteiger partial charge in [0, 0.05) is 62.8 Å². The summed E-state index contributed by atoms with van der Waals surface area (Å²) in [5, 5.41) is 14.6. The highest BCUT2D eigenvalue weighted by Gasteiger charge is 2.54. The van der Waals surface area contributed by atoms with Gasteiger partial charge in [0.2, 0.25) is 0 Å². The number of hydrogen-bond acceptors (Lipinski definition) is 9. The Morgan fingerprint density at radius 2 is 1.77 bits per heavy atom. The van der Waals surface area contributed by atoms with Gasteiger partial charge in [0.25, 0.3) is 5.91 Å². The van der Waals surface area contributed by atoms with Crippen molar-refractivity contribution in [2.75, 3.05) is 38.0 Å². The second-order valence-electron chi connectivity index (χ2n) is 13.3. The van der Waals surface area contributed by atoms with Crippen LogP contribution in [-0.4, -0.2) is 105 Å². The summed E-state index contributed by atoms with van der Waals surface area (Å²) in [6.07, 6.45) is 2.33. The van der Waals surface area contributed by atoms with Gasteiger partial charge in [-0.2, -0.15) is 9.97 Å². The zero-order chi connectivity index (χ0) is 30.3. The first kappa shape index (κ1) is 29.6. The fourth-order valence-electron chi connectivity index (χ4n) is 7.09. The maximum atomic E-state index is 13.7. The van der Waals surface area contributed by atoms with Gasteiger partial charge in [0.1, 0.15) is 11.5 Å². The molecule has 0 radical (unpaired) electrons. The number of β-amino-alcohol motifs (C(OH)–C–C–N with tert-alkyl or cyclic N) is 1. The van der Waals surface area contributed by atoms with Gasteiger partial charge in [-0.15, -0.1) is 0 Å². The molecule has 2 N–H and O–H groups in total. The first-order chi connectivity index (χ1) is 20.6. The van der Waals surface area contributed by atoms with Crippen LogP contribution in [0.3, 0.4) is 0 Å². The highest BCUT2D eigenvalue weighted by molar-refractivity contribution is 5.93. The average molecular weight is 593 g/mol. The topological polar surface area (TPSA) is 120 Å². The summed E-state index contributed by atoms with van der Waals surface area (Å²) in [5.41, 5.74) is 3.07. The van der Waals surface area contributed by atoms with Gasteiger partial charge in [0.15, 0.2) is 0 Å². The number of carbonyl (C=O) groups excluding carboxylic acids is 2. The van der Waals surface area contributed by atoms with Crippen LogP contribution in [-0.2, 0) is 17.7 Å². The molecule has 3 fully saturated rings. The molecular formula is C32H44N6O5. The van der Waals surface area contributed by atoms with Crippen molar-refractivity contribution in [3.8, 4) is 6.01 Å². The lowest BCUT2D eigenvalue weighted by molar-refractivity contribution is -0.0632. The molecule has 0 bridgehead atoms. The highest BCUT2D eigenvalue weighted by Crippen LogP contribution is 2.49. The van der Waals surface area contributed by atoms with E-state index in [0.29, 0.717) is 31.9 Å². The number of aliphatic hydroxyl groups is 1. The average Bonchev–Trinajstić information content (AvgIpc) is 2.92. The highest BCUT2D eigenvalue weighted by atomic mass is 16.6. The molecule has 2 atom stereocenters. The first-order valence-corrected chi connectivity index (χ1v) is 15.6. The normalized spacial score (nSPS) is 23.5. The molecule has 1 saturated carbocycles. The van der Waals surface area contributed by atoms with Gasteiger partial charge in [-0.3, -0.25) is 9.69 Å². The molecule has 4 aliphatic rings. The van der Waals surface area contributed by atoms with Crippen LogP contribution in [0.1, 0.15) is 68.6 Å². The van der Waals surface area contributed by atoms with Gasteiger partial charge >= 0.3 is 12.1 Å². The summed E-state index contributed by atoms with van der Waals surface area (Å²) < 4.78 is 11.1. The van der Waals surface area contributed by atoms with Gasteiger partial charge in [-0.1, -0.05) is 24.3 Å². The van der Waals surface area contributed by atoms with Crippen molar-refractivity contribution in [2.24, 2.45) is 5.41 Å². The molecular weight excluding hydrogens is 548 g/mol. The van der Waals surface area contributed by atoms with Crippen LogP contribution in [0.5, 0.6) is 6.01 Å². The van der Waals surface area contributed by atoms with Crippen molar-refractivity contribution in [3.63, 3.8) is 0 Å². The number of anilines is 1. The second kappa shape index (κ2) is 11.9. The molecule has 0 unspecified atom stereocenters. The fraction of sp³-hybridized carbons (Fsp3) is 0.625. The second-order valence-corrected chi connectivity index (χ2v) is 13.3. The maximum absolute atomic E-state index is 13.7. The van der Waals surface area contributed by atoms with Crippen LogP contribution in [0.25, 0.3) is 0 Å². The number of ether oxygens (including phenoxy) is 2. The largest absolute Gasteiger partial charge is 0.461 e. The predicted octanol–water partition coefficient (Wildman–Crippen LogP) is 3.32. The van der Waals surface area contributed by atoms with E-state index >= 15 is 0 Å². The number of aromatic nitrogens is 2. The van der Waals surface area contributed by atoms with Gasteiger partial charge < -0.3 is 29.7 Å². The number of rotatable bonds is 7. The molecule has 3 aliphatic heterocycles. The van der Waals surface area contributed by atoms with Crippen LogP contribution in [0.2, 0.25) is 0 Å². The maximum Gasteiger partial charge on any atom is 0.410 e. The Hall–Kier alpha value is -3.44. The van der Waals surface area contributed by atoms with E-state index in [1.807, 2.05) is 27.7 Å². The summed E-state index contributed by atoms with van der Waals surface area (Å²) in [6.45, 7) is 11.4. The monoisotopic (exact) mass is 592 g/mol. The molecule has 43 heavy (non-hydrogen) atoms. The number of benzene rings is 1. The van der Waals surface area contributed by atoms with E-state index in [1.54, 1.807) is 15.9 Å². The minimum Gasteiger partial charge on any atom is -0.461 e. The van der Waals surface area contributed by atoms with Crippen molar-refractivity contribution >= 4 is 17.8 Å². The third-order valence-corrected chi connectivity index (χ3v) is 9.09. The van der Waals surface area contributed by atoms with Crippen LogP contribution in [0, 0.1) is 5.41 Å². The Bertz CT molecular complexity index is 1340. The molecule has 1 spiro atoms. The molecule has 11 nitrogen and oxygen atoms in total. The first-order valence-electron chi connectivity index (χ1n) is 15.6. The molecule has 232 valence electrons. The van der Waals surface area contributed by atoms with E-state index in [-0.39, 0.29) is 60.0 Å². The lowest BCUT2D eigenvalue weighted by Gasteiger charge is -2.58. The lowest BCUT2D eigenvalue weighted by Crippen LogP contribution is -2.66. The minimum atomic E-state index is -0.639. The summed E-state index contributed by atoms with van der Waals surface area (Å²) in [5.74, 6) is 0.315. The molecule has 1 aliphatic carbocycles. The number of amides is 2. The summed E-state index contributed by atoms with van der Waals surface area (Å²) in [7, 11) is 0. The molecule has 2 saturated heterocycles. The zero-order valence-corrected chi connectivity index (χ0v) is 25.7. The fourth-order valence-corrected chi connectivity index (χ4v) is 7.09. The van der Waals surface area contributed by atoms with Crippen LogP contribution < -0.4 is 10.1 Å². The van der Waals surface area contributed by atoms with Crippen molar-refractivity contribution in [2.45, 2.75) is 90.3 Å². The SMILES string of the molecule is CC(C)OC(=O)N1CC2(CC(Nc3cc(C(=O)N4CC[C@@H](N5CCc6ccccc6C5)[C@H](O)C4)nc(OC(C)C)n3)C2)C1. The Balaban J connectivity index is 1.07. The minimum absolute atomic E-state index is 0.0143. The Morgan fingerprint density at radius 1 is 1.02 bits per heavy atom. The Morgan fingerprint density at radius 3 is 2.47 bits per heavy atom. The number of hydrogen-bond donors (Lipinski definition) is 2. The quantitative estimate of drug-likeness (QED) is 0.499. The van der Waals surface area contributed by atoms with Crippen molar-refractivity contribution < 1.29 is 24.2 Å². The number of nitrogens with one attached hydrogen (secondary N) is 1. The molecule has 1 aromatic carbocycles. The van der Waals surface area contributed by atoms with E-state index in [2.05, 4.69) is 44.5 Å². The summed E-state index contributed by atoms with van der Waals surface area (Å²) in [4.78, 5) is 40.6. The number of piperidine rings is 1. The van der Waals surface area contributed by atoms with E-state index in [1.165, 1.54) is 11.1 Å². The van der Waals surface area contributed by atoms with Gasteiger partial charge in [-0.05, 0) is 64.5 Å².